The summed E-state index contributed by atoms with van der Waals surface area (Å²) in [5.74, 6) is -0.233. The van der Waals surface area contributed by atoms with Crippen molar-refractivity contribution in [3.63, 3.8) is 0 Å². The zero-order valence-electron chi connectivity index (χ0n) is 10.7. The highest BCUT2D eigenvalue weighted by atomic mass is 19.1. The maximum absolute atomic E-state index is 13.2. The van der Waals surface area contributed by atoms with Gasteiger partial charge in [-0.2, -0.15) is 0 Å². The SMILES string of the molecule is CCN(CC)CCCNCc1ccncc1F. The molecule has 0 unspecified atom stereocenters. The minimum Gasteiger partial charge on any atom is -0.313 e. The number of aromatic nitrogens is 1. The van der Waals surface area contributed by atoms with Gasteiger partial charge in [-0.1, -0.05) is 13.8 Å². The van der Waals surface area contributed by atoms with Crippen molar-refractivity contribution in [2.45, 2.75) is 26.8 Å². The number of hydrogen-bond acceptors (Lipinski definition) is 3. The van der Waals surface area contributed by atoms with Gasteiger partial charge in [0.2, 0.25) is 0 Å². The fourth-order valence-electron chi connectivity index (χ4n) is 1.74. The van der Waals surface area contributed by atoms with Gasteiger partial charge in [0.15, 0.2) is 0 Å². The minimum atomic E-state index is -0.233. The van der Waals surface area contributed by atoms with Crippen LogP contribution in [0.5, 0.6) is 0 Å². The number of hydrogen-bond donors (Lipinski definition) is 1. The lowest BCUT2D eigenvalue weighted by Gasteiger charge is -2.17. The Labute approximate surface area is 103 Å². The van der Waals surface area contributed by atoms with E-state index in [9.17, 15) is 4.39 Å². The Morgan fingerprint density at radius 3 is 2.76 bits per heavy atom. The van der Waals surface area contributed by atoms with E-state index in [4.69, 9.17) is 0 Å². The minimum absolute atomic E-state index is 0.233. The van der Waals surface area contributed by atoms with Gasteiger partial charge in [-0.05, 0) is 38.7 Å². The molecule has 1 N–H and O–H groups in total. The van der Waals surface area contributed by atoms with E-state index in [0.29, 0.717) is 12.1 Å². The Morgan fingerprint density at radius 2 is 2.12 bits per heavy atom. The number of nitrogens with zero attached hydrogens (tertiary/aromatic N) is 2. The monoisotopic (exact) mass is 239 g/mol. The second kappa shape index (κ2) is 8.14. The summed E-state index contributed by atoms with van der Waals surface area (Å²) in [4.78, 5) is 6.11. The van der Waals surface area contributed by atoms with E-state index in [1.165, 1.54) is 6.20 Å². The Balaban J connectivity index is 2.14. The predicted octanol–water partition coefficient (Wildman–Crippen LogP) is 2.04. The van der Waals surface area contributed by atoms with Crippen LogP contribution in [0, 0.1) is 5.82 Å². The van der Waals surface area contributed by atoms with Crippen molar-refractivity contribution >= 4 is 0 Å². The van der Waals surface area contributed by atoms with Gasteiger partial charge >= 0.3 is 0 Å². The molecule has 1 heterocycles. The normalized spacial score (nSPS) is 11.1. The van der Waals surface area contributed by atoms with E-state index < -0.39 is 0 Å². The molecule has 0 aliphatic heterocycles. The van der Waals surface area contributed by atoms with Crippen LogP contribution in [-0.2, 0) is 6.54 Å². The third-order valence-electron chi connectivity index (χ3n) is 2.89. The summed E-state index contributed by atoms with van der Waals surface area (Å²) in [5.41, 5.74) is 0.683. The van der Waals surface area contributed by atoms with Crippen molar-refractivity contribution in [3.8, 4) is 0 Å². The van der Waals surface area contributed by atoms with Gasteiger partial charge in [0, 0.05) is 18.3 Å². The Kier molecular flexibility index (Phi) is 6.74. The zero-order chi connectivity index (χ0) is 12.5. The molecule has 96 valence electrons. The molecule has 0 atom stereocenters. The fourth-order valence-corrected chi connectivity index (χ4v) is 1.74. The molecular formula is C13H22FN3. The summed E-state index contributed by atoms with van der Waals surface area (Å²) in [6.45, 7) is 9.11. The molecule has 1 aromatic rings. The van der Waals surface area contributed by atoms with E-state index in [0.717, 1.165) is 32.6 Å². The van der Waals surface area contributed by atoms with Gasteiger partial charge in [-0.3, -0.25) is 4.98 Å². The molecule has 0 aliphatic rings. The summed E-state index contributed by atoms with van der Waals surface area (Å²) >= 11 is 0. The van der Waals surface area contributed by atoms with Crippen LogP contribution in [0.25, 0.3) is 0 Å². The summed E-state index contributed by atoms with van der Waals surface area (Å²) in [5, 5.41) is 3.25. The van der Waals surface area contributed by atoms with Crippen LogP contribution in [0.3, 0.4) is 0 Å². The smallest absolute Gasteiger partial charge is 0.145 e. The average molecular weight is 239 g/mol. The molecule has 0 aromatic carbocycles. The quantitative estimate of drug-likeness (QED) is 0.704. The predicted molar refractivity (Wildman–Crippen MR) is 68.3 cm³/mol. The van der Waals surface area contributed by atoms with E-state index in [2.05, 4.69) is 29.0 Å². The van der Waals surface area contributed by atoms with Crippen LogP contribution < -0.4 is 5.32 Å². The van der Waals surface area contributed by atoms with Crippen LogP contribution in [0.15, 0.2) is 18.5 Å². The number of nitrogens with one attached hydrogen (secondary N) is 1. The van der Waals surface area contributed by atoms with E-state index >= 15 is 0 Å². The van der Waals surface area contributed by atoms with Crippen molar-refractivity contribution in [1.29, 1.82) is 0 Å². The second-order valence-electron chi connectivity index (χ2n) is 4.02. The number of pyridine rings is 1. The standard InChI is InChI=1S/C13H22FN3/c1-3-17(4-2)9-5-7-15-10-12-6-8-16-11-13(12)14/h6,8,11,15H,3-5,7,9-10H2,1-2H3. The van der Waals surface area contributed by atoms with Crippen LogP contribution >= 0.6 is 0 Å². The van der Waals surface area contributed by atoms with E-state index in [-0.39, 0.29) is 5.82 Å². The molecule has 0 amide bonds. The van der Waals surface area contributed by atoms with Gasteiger partial charge in [0.25, 0.3) is 0 Å². The van der Waals surface area contributed by atoms with Crippen molar-refractivity contribution < 1.29 is 4.39 Å². The Hall–Kier alpha value is -1.00. The average Bonchev–Trinajstić information content (AvgIpc) is 2.36. The molecule has 17 heavy (non-hydrogen) atoms. The van der Waals surface area contributed by atoms with Crippen molar-refractivity contribution in [3.05, 3.63) is 29.8 Å². The highest BCUT2D eigenvalue weighted by molar-refractivity contribution is 5.11. The largest absolute Gasteiger partial charge is 0.313 e. The van der Waals surface area contributed by atoms with Crippen LogP contribution in [0.4, 0.5) is 4.39 Å². The molecule has 0 aliphatic carbocycles. The first kappa shape index (κ1) is 14.1. The topological polar surface area (TPSA) is 28.2 Å². The molecule has 1 rings (SSSR count). The molecule has 1 aromatic heterocycles. The van der Waals surface area contributed by atoms with Gasteiger partial charge in [0.1, 0.15) is 5.82 Å². The lowest BCUT2D eigenvalue weighted by Crippen LogP contribution is -2.27. The van der Waals surface area contributed by atoms with Crippen LogP contribution in [0.2, 0.25) is 0 Å². The van der Waals surface area contributed by atoms with Gasteiger partial charge in [-0.25, -0.2) is 4.39 Å². The lowest BCUT2D eigenvalue weighted by molar-refractivity contribution is 0.298. The molecule has 0 spiro atoms. The maximum Gasteiger partial charge on any atom is 0.145 e. The summed E-state index contributed by atoms with van der Waals surface area (Å²) < 4.78 is 13.2. The molecule has 0 saturated carbocycles. The first-order chi connectivity index (χ1) is 8.27. The summed E-state index contributed by atoms with van der Waals surface area (Å²) in [7, 11) is 0. The molecule has 0 radical (unpaired) electrons. The molecule has 0 fully saturated rings. The van der Waals surface area contributed by atoms with Crippen LogP contribution in [-0.4, -0.2) is 36.1 Å². The molecule has 0 saturated heterocycles. The highest BCUT2D eigenvalue weighted by Gasteiger charge is 2.01. The zero-order valence-corrected chi connectivity index (χ0v) is 10.7. The van der Waals surface area contributed by atoms with Gasteiger partial charge in [0.05, 0.1) is 6.20 Å². The summed E-state index contributed by atoms with van der Waals surface area (Å²) in [6.07, 6.45) is 3.97. The molecule has 4 heteroatoms. The second-order valence-corrected chi connectivity index (χ2v) is 4.02. The third kappa shape index (κ3) is 5.24. The number of rotatable bonds is 8. The van der Waals surface area contributed by atoms with Crippen LogP contribution in [0.1, 0.15) is 25.8 Å². The number of halogens is 1. The van der Waals surface area contributed by atoms with E-state index in [1.54, 1.807) is 12.3 Å². The third-order valence-corrected chi connectivity index (χ3v) is 2.89. The molecule has 3 nitrogen and oxygen atoms in total. The Bertz CT molecular complexity index is 313. The molecular weight excluding hydrogens is 217 g/mol. The lowest BCUT2D eigenvalue weighted by atomic mass is 10.2. The fraction of sp³-hybridized carbons (Fsp3) is 0.615. The first-order valence-corrected chi connectivity index (χ1v) is 6.29. The summed E-state index contributed by atoms with van der Waals surface area (Å²) in [6, 6.07) is 1.72. The van der Waals surface area contributed by atoms with Crippen molar-refractivity contribution in [2.24, 2.45) is 0 Å². The highest BCUT2D eigenvalue weighted by Crippen LogP contribution is 2.03. The van der Waals surface area contributed by atoms with Crippen molar-refractivity contribution in [2.75, 3.05) is 26.2 Å². The Morgan fingerprint density at radius 1 is 1.35 bits per heavy atom. The maximum atomic E-state index is 13.2. The molecule has 0 bridgehead atoms. The van der Waals surface area contributed by atoms with Gasteiger partial charge < -0.3 is 10.2 Å². The first-order valence-electron chi connectivity index (χ1n) is 6.29. The van der Waals surface area contributed by atoms with E-state index in [1.807, 2.05) is 0 Å². The van der Waals surface area contributed by atoms with Gasteiger partial charge in [-0.15, -0.1) is 0 Å². The van der Waals surface area contributed by atoms with Crippen molar-refractivity contribution in [1.82, 2.24) is 15.2 Å².